The molecular formula is C8H7N3. The van der Waals surface area contributed by atoms with Crippen molar-refractivity contribution < 1.29 is 0 Å². The normalized spacial score (nSPS) is 8.73. The molecule has 3 nitrogen and oxygen atoms in total. The molecule has 0 saturated carbocycles. The maximum atomic E-state index is 8.62. The molecule has 0 aromatic carbocycles. The molecule has 0 aliphatic heterocycles. The Hall–Kier alpha value is -1.74. The first-order valence-corrected chi connectivity index (χ1v) is 3.20. The van der Waals surface area contributed by atoms with Gasteiger partial charge in [0.05, 0.1) is 11.1 Å². The third-order valence-corrected chi connectivity index (χ3v) is 1.60. The van der Waals surface area contributed by atoms with E-state index in [2.05, 4.69) is 4.98 Å². The van der Waals surface area contributed by atoms with Gasteiger partial charge in [0, 0.05) is 11.4 Å². The SMILES string of the molecule is Cc1[nH]c(C)c(C#N)c1C#N. The lowest BCUT2D eigenvalue weighted by molar-refractivity contribution is 1.18. The molecule has 0 aliphatic rings. The standard InChI is InChI=1S/C8H7N3/c1-5-7(3-9)8(4-10)6(2)11-5/h11H,1-2H3. The van der Waals surface area contributed by atoms with Crippen LogP contribution in [0.4, 0.5) is 0 Å². The lowest BCUT2D eigenvalue weighted by Gasteiger charge is -1.82. The van der Waals surface area contributed by atoms with E-state index in [0.29, 0.717) is 11.1 Å². The van der Waals surface area contributed by atoms with E-state index >= 15 is 0 Å². The summed E-state index contributed by atoms with van der Waals surface area (Å²) in [5.41, 5.74) is 2.46. The van der Waals surface area contributed by atoms with Gasteiger partial charge in [0.2, 0.25) is 0 Å². The average Bonchev–Trinajstić information content (AvgIpc) is 2.24. The van der Waals surface area contributed by atoms with Crippen LogP contribution in [0.1, 0.15) is 22.5 Å². The Bertz CT molecular complexity index is 325. The van der Waals surface area contributed by atoms with Crippen LogP contribution in [0.25, 0.3) is 0 Å². The zero-order chi connectivity index (χ0) is 8.43. The van der Waals surface area contributed by atoms with Crippen LogP contribution < -0.4 is 0 Å². The third kappa shape index (κ3) is 0.971. The van der Waals surface area contributed by atoms with Crippen LogP contribution in [0, 0.1) is 36.5 Å². The maximum absolute atomic E-state index is 8.62. The number of nitriles is 2. The molecule has 54 valence electrons. The lowest BCUT2D eigenvalue weighted by atomic mass is 10.1. The van der Waals surface area contributed by atoms with E-state index in [1.54, 1.807) is 13.8 Å². The molecule has 0 fully saturated rings. The highest BCUT2D eigenvalue weighted by Crippen LogP contribution is 2.15. The van der Waals surface area contributed by atoms with Crippen molar-refractivity contribution in [2.45, 2.75) is 13.8 Å². The van der Waals surface area contributed by atoms with Gasteiger partial charge < -0.3 is 4.98 Å². The van der Waals surface area contributed by atoms with Gasteiger partial charge in [0.1, 0.15) is 12.1 Å². The van der Waals surface area contributed by atoms with E-state index in [1.165, 1.54) is 0 Å². The molecule has 0 spiro atoms. The van der Waals surface area contributed by atoms with Gasteiger partial charge in [-0.1, -0.05) is 0 Å². The van der Waals surface area contributed by atoms with Crippen molar-refractivity contribution in [1.82, 2.24) is 4.98 Å². The summed E-state index contributed by atoms with van der Waals surface area (Å²) >= 11 is 0. The van der Waals surface area contributed by atoms with Crippen LogP contribution in [0.3, 0.4) is 0 Å². The van der Waals surface area contributed by atoms with E-state index in [9.17, 15) is 0 Å². The highest BCUT2D eigenvalue weighted by Gasteiger charge is 2.10. The minimum absolute atomic E-state index is 0.463. The number of nitrogens with one attached hydrogen (secondary N) is 1. The van der Waals surface area contributed by atoms with Crippen molar-refractivity contribution in [3.05, 3.63) is 22.5 Å². The Balaban J connectivity index is 3.47. The van der Waals surface area contributed by atoms with Gasteiger partial charge in [-0.3, -0.25) is 0 Å². The van der Waals surface area contributed by atoms with Crippen molar-refractivity contribution in [3.8, 4) is 12.1 Å². The van der Waals surface area contributed by atoms with Crippen molar-refractivity contribution in [2.75, 3.05) is 0 Å². The second-order valence-corrected chi connectivity index (χ2v) is 2.35. The minimum atomic E-state index is 0.463. The number of H-pyrrole nitrogens is 1. The molecule has 0 atom stereocenters. The Morgan fingerprint density at radius 3 is 1.64 bits per heavy atom. The van der Waals surface area contributed by atoms with Crippen LogP contribution in [0.15, 0.2) is 0 Å². The quantitative estimate of drug-likeness (QED) is 0.599. The molecule has 0 radical (unpaired) electrons. The second-order valence-electron chi connectivity index (χ2n) is 2.35. The molecule has 1 rings (SSSR count). The molecule has 11 heavy (non-hydrogen) atoms. The van der Waals surface area contributed by atoms with E-state index in [0.717, 1.165) is 11.4 Å². The predicted octanol–water partition coefficient (Wildman–Crippen LogP) is 1.37. The third-order valence-electron chi connectivity index (χ3n) is 1.60. The van der Waals surface area contributed by atoms with E-state index < -0.39 is 0 Å². The summed E-state index contributed by atoms with van der Waals surface area (Å²) < 4.78 is 0. The van der Waals surface area contributed by atoms with Gasteiger partial charge in [0.25, 0.3) is 0 Å². The molecule has 3 heteroatoms. The fourth-order valence-corrected chi connectivity index (χ4v) is 1.06. The van der Waals surface area contributed by atoms with E-state index in [1.807, 2.05) is 12.1 Å². The van der Waals surface area contributed by atoms with Crippen molar-refractivity contribution in [1.29, 1.82) is 10.5 Å². The zero-order valence-corrected chi connectivity index (χ0v) is 6.39. The topological polar surface area (TPSA) is 63.4 Å². The summed E-state index contributed by atoms with van der Waals surface area (Å²) in [5, 5.41) is 17.2. The summed E-state index contributed by atoms with van der Waals surface area (Å²) in [5.74, 6) is 0. The minimum Gasteiger partial charge on any atom is -0.360 e. The van der Waals surface area contributed by atoms with Crippen LogP contribution in [0.5, 0.6) is 0 Å². The summed E-state index contributed by atoms with van der Waals surface area (Å²) in [6.45, 7) is 3.57. The number of nitrogens with zero attached hydrogens (tertiary/aromatic N) is 2. The van der Waals surface area contributed by atoms with Gasteiger partial charge in [-0.05, 0) is 13.8 Å². The Labute approximate surface area is 64.9 Å². The monoisotopic (exact) mass is 145 g/mol. The molecule has 0 amide bonds. The highest BCUT2D eigenvalue weighted by atomic mass is 14.7. The van der Waals surface area contributed by atoms with Crippen molar-refractivity contribution in [3.63, 3.8) is 0 Å². The fraction of sp³-hybridized carbons (Fsp3) is 0.250. The molecule has 1 heterocycles. The summed E-state index contributed by atoms with van der Waals surface area (Å²) in [4.78, 5) is 2.93. The number of rotatable bonds is 0. The molecule has 1 N–H and O–H groups in total. The zero-order valence-electron chi connectivity index (χ0n) is 6.39. The predicted molar refractivity (Wildman–Crippen MR) is 39.7 cm³/mol. The molecule has 0 aliphatic carbocycles. The van der Waals surface area contributed by atoms with Gasteiger partial charge in [0.15, 0.2) is 0 Å². The van der Waals surface area contributed by atoms with Crippen LogP contribution in [-0.2, 0) is 0 Å². The molecule has 1 aromatic rings. The number of aromatic amines is 1. The maximum Gasteiger partial charge on any atom is 0.102 e. The van der Waals surface area contributed by atoms with Crippen molar-refractivity contribution >= 4 is 0 Å². The smallest absolute Gasteiger partial charge is 0.102 e. The fourth-order valence-electron chi connectivity index (χ4n) is 1.06. The number of hydrogen-bond donors (Lipinski definition) is 1. The Morgan fingerprint density at radius 2 is 1.36 bits per heavy atom. The first-order valence-electron chi connectivity index (χ1n) is 3.20. The van der Waals surface area contributed by atoms with Gasteiger partial charge in [-0.15, -0.1) is 0 Å². The van der Waals surface area contributed by atoms with Crippen LogP contribution >= 0.6 is 0 Å². The summed E-state index contributed by atoms with van der Waals surface area (Å²) in [6, 6.07) is 3.96. The van der Waals surface area contributed by atoms with E-state index in [4.69, 9.17) is 10.5 Å². The molecule has 0 saturated heterocycles. The van der Waals surface area contributed by atoms with Crippen LogP contribution in [-0.4, -0.2) is 4.98 Å². The molecular weight excluding hydrogens is 138 g/mol. The Kier molecular flexibility index (Phi) is 1.66. The number of hydrogen-bond acceptors (Lipinski definition) is 2. The van der Waals surface area contributed by atoms with Gasteiger partial charge in [-0.25, -0.2) is 0 Å². The summed E-state index contributed by atoms with van der Waals surface area (Å²) in [7, 11) is 0. The number of aromatic nitrogens is 1. The average molecular weight is 145 g/mol. The molecule has 0 bridgehead atoms. The van der Waals surface area contributed by atoms with E-state index in [-0.39, 0.29) is 0 Å². The highest BCUT2D eigenvalue weighted by molar-refractivity contribution is 5.51. The number of aryl methyl sites for hydroxylation is 2. The van der Waals surface area contributed by atoms with Gasteiger partial charge in [-0.2, -0.15) is 10.5 Å². The largest absolute Gasteiger partial charge is 0.360 e. The Morgan fingerprint density at radius 1 is 1.00 bits per heavy atom. The molecule has 0 unspecified atom stereocenters. The van der Waals surface area contributed by atoms with Crippen LogP contribution in [0.2, 0.25) is 0 Å². The van der Waals surface area contributed by atoms with Gasteiger partial charge >= 0.3 is 0 Å². The lowest BCUT2D eigenvalue weighted by Crippen LogP contribution is -1.78. The molecule has 1 aromatic heterocycles. The first kappa shape index (κ1) is 7.37. The summed E-state index contributed by atoms with van der Waals surface area (Å²) in [6.07, 6.45) is 0. The van der Waals surface area contributed by atoms with Crippen molar-refractivity contribution in [2.24, 2.45) is 0 Å². The second kappa shape index (κ2) is 2.48. The first-order chi connectivity index (χ1) is 5.20.